The van der Waals surface area contributed by atoms with Crippen molar-refractivity contribution in [1.29, 1.82) is 0 Å². The molecule has 12 nitrogen and oxygen atoms in total. The molecule has 0 radical (unpaired) electrons. The number of fused-ring (bicyclic) bond motifs is 1. The predicted octanol–water partition coefficient (Wildman–Crippen LogP) is 0.388. The van der Waals surface area contributed by atoms with Crippen LogP contribution in [-0.2, 0) is 20.7 Å². The number of anilines is 1. The molecule has 0 saturated carbocycles. The van der Waals surface area contributed by atoms with Gasteiger partial charge in [-0.05, 0) is 44.1 Å². The Kier molecular flexibility index (Phi) is 8.84. The highest BCUT2D eigenvalue weighted by Crippen LogP contribution is 2.24. The molecule has 1 amide bonds. The molecule has 0 unspecified atom stereocenters. The summed E-state index contributed by atoms with van der Waals surface area (Å²) >= 11 is 0. The lowest BCUT2D eigenvalue weighted by Crippen LogP contribution is -2.62. The third-order valence-electron chi connectivity index (χ3n) is 7.60. The molecular formula is C26H38N7O5+. The van der Waals surface area contributed by atoms with Crippen LogP contribution in [0.2, 0.25) is 0 Å². The van der Waals surface area contributed by atoms with Gasteiger partial charge in [0.15, 0.2) is 0 Å². The standard InChI is InChI=1S/C26H37N7O5/c34-25(28-24-19-33(29-38-24)31-14-16-37-17-15-31)22(9-8-20-6-2-1-3-7-20)27-21-10-13-30-11-4-5-12-32(30)23(18-21)26(35)36/h1-3,6-7,19,21-23,27H,4-5,8-18H2,(H-,28,29,34,35,36)/p+1/t21-,22-,23+/m0/s1. The second kappa shape index (κ2) is 12.7. The zero-order chi connectivity index (χ0) is 26.3. The third-order valence-corrected chi connectivity index (χ3v) is 7.60. The number of carbonyl (C=O) groups is 2. The van der Waals surface area contributed by atoms with E-state index < -0.39 is 18.1 Å². The molecule has 3 N–H and O–H groups in total. The summed E-state index contributed by atoms with van der Waals surface area (Å²) in [6, 6.07) is 8.82. The minimum atomic E-state index is -0.815. The first-order valence-electron chi connectivity index (χ1n) is 13.6. The summed E-state index contributed by atoms with van der Waals surface area (Å²) in [7, 11) is 0. The van der Waals surface area contributed by atoms with Gasteiger partial charge >= 0.3 is 11.9 Å². The lowest BCUT2D eigenvalue weighted by atomic mass is 10.00. The van der Waals surface area contributed by atoms with Crippen molar-refractivity contribution in [2.45, 2.75) is 56.7 Å². The maximum absolute atomic E-state index is 13.5. The number of ether oxygens (including phenoxy) is 1. The maximum Gasteiger partial charge on any atom is 0.322 e. The van der Waals surface area contributed by atoms with Gasteiger partial charge in [-0.1, -0.05) is 30.3 Å². The second-order valence-electron chi connectivity index (χ2n) is 10.2. The number of aryl methyl sites for hydroxylation is 1. The van der Waals surface area contributed by atoms with Crippen LogP contribution in [0.15, 0.2) is 41.1 Å². The Labute approximate surface area is 222 Å². The summed E-state index contributed by atoms with van der Waals surface area (Å²) in [5, 5.41) is 26.6. The molecule has 1 aromatic carbocycles. The van der Waals surface area contributed by atoms with Gasteiger partial charge in [-0.2, -0.15) is 0 Å². The fourth-order valence-electron chi connectivity index (χ4n) is 5.55. The van der Waals surface area contributed by atoms with E-state index in [1.165, 1.54) is 0 Å². The van der Waals surface area contributed by atoms with E-state index >= 15 is 0 Å². The lowest BCUT2D eigenvalue weighted by Gasteiger charge is -2.40. The molecule has 3 fully saturated rings. The molecule has 3 atom stereocenters. The van der Waals surface area contributed by atoms with Gasteiger partial charge in [-0.3, -0.25) is 19.4 Å². The number of carboxylic acid groups (broad SMARTS) is 1. The summed E-state index contributed by atoms with van der Waals surface area (Å²) < 4.78 is 10.8. The summed E-state index contributed by atoms with van der Waals surface area (Å²) in [6.45, 7) is 5.01. The number of nitrogens with one attached hydrogen (secondary N) is 2. The van der Waals surface area contributed by atoms with Gasteiger partial charge < -0.3 is 15.2 Å². The monoisotopic (exact) mass is 528 g/mol. The fraction of sp³-hybridized carbons (Fsp3) is 0.615. The quantitative estimate of drug-likeness (QED) is 0.393. The van der Waals surface area contributed by atoms with Gasteiger partial charge in [0, 0.05) is 25.7 Å². The number of benzene rings is 1. The molecule has 2 aromatic rings. The molecule has 3 saturated heterocycles. The molecule has 3 aliphatic rings. The number of rotatable bonds is 9. The van der Waals surface area contributed by atoms with Crippen LogP contribution in [-0.4, -0.2) is 96.3 Å². The van der Waals surface area contributed by atoms with Crippen LogP contribution in [0.4, 0.5) is 5.88 Å². The molecule has 0 bridgehead atoms. The number of nitrogens with zero attached hydrogens (tertiary/aromatic N) is 5. The van der Waals surface area contributed by atoms with E-state index in [1.54, 1.807) is 11.0 Å². The SMILES string of the molecule is O=C(Nc1c[n+](N2CCOCC2)no1)[C@H](CCc1ccccc1)N[C@H]1CCN2CCCCN2[C@@H](C(=O)O)C1. The van der Waals surface area contributed by atoms with Gasteiger partial charge in [0.05, 0.1) is 37.1 Å². The summed E-state index contributed by atoms with van der Waals surface area (Å²) in [5.41, 5.74) is 1.14. The van der Waals surface area contributed by atoms with E-state index in [0.29, 0.717) is 45.6 Å². The molecule has 4 heterocycles. The molecule has 12 heteroatoms. The van der Waals surface area contributed by atoms with Crippen molar-refractivity contribution in [2.24, 2.45) is 0 Å². The second-order valence-corrected chi connectivity index (χ2v) is 10.2. The minimum absolute atomic E-state index is 0.110. The zero-order valence-electron chi connectivity index (χ0n) is 21.7. The molecule has 38 heavy (non-hydrogen) atoms. The number of hydrazine groups is 1. The summed E-state index contributed by atoms with van der Waals surface area (Å²) in [6.07, 6.45) is 6.23. The highest BCUT2D eigenvalue weighted by atomic mass is 16.5. The molecule has 206 valence electrons. The van der Waals surface area contributed by atoms with E-state index in [9.17, 15) is 14.7 Å². The Morgan fingerprint density at radius 3 is 2.68 bits per heavy atom. The van der Waals surface area contributed by atoms with E-state index in [1.807, 2.05) is 40.3 Å². The molecule has 0 aliphatic carbocycles. The maximum atomic E-state index is 13.5. The van der Waals surface area contributed by atoms with Crippen LogP contribution in [0.1, 0.15) is 37.7 Å². The first-order chi connectivity index (χ1) is 18.6. The molecule has 3 aliphatic heterocycles. The first-order valence-corrected chi connectivity index (χ1v) is 13.6. The van der Waals surface area contributed by atoms with E-state index in [-0.39, 0.29) is 17.8 Å². The highest BCUT2D eigenvalue weighted by Gasteiger charge is 2.38. The largest absolute Gasteiger partial charge is 0.480 e. The Morgan fingerprint density at radius 1 is 1.11 bits per heavy atom. The summed E-state index contributed by atoms with van der Waals surface area (Å²) in [5.74, 6) is -0.772. The predicted molar refractivity (Wildman–Crippen MR) is 138 cm³/mol. The van der Waals surface area contributed by atoms with Gasteiger partial charge in [0.2, 0.25) is 11.2 Å². The van der Waals surface area contributed by atoms with Crippen molar-refractivity contribution in [1.82, 2.24) is 20.6 Å². The average Bonchev–Trinajstić information content (AvgIpc) is 3.33. The van der Waals surface area contributed by atoms with Crippen LogP contribution < -0.4 is 20.4 Å². The Morgan fingerprint density at radius 2 is 1.89 bits per heavy atom. The van der Waals surface area contributed by atoms with Crippen LogP contribution in [0.3, 0.4) is 0 Å². The van der Waals surface area contributed by atoms with E-state index in [0.717, 1.165) is 44.5 Å². The minimum Gasteiger partial charge on any atom is -0.480 e. The number of aliphatic carboxylic acids is 1. The van der Waals surface area contributed by atoms with Crippen molar-refractivity contribution in [3.8, 4) is 0 Å². The number of morpholine rings is 1. The van der Waals surface area contributed by atoms with Crippen LogP contribution in [0.25, 0.3) is 0 Å². The number of carboxylic acids is 1. The number of hydrogen-bond acceptors (Lipinski definition) is 9. The number of amides is 1. The third kappa shape index (κ3) is 6.68. The topological polar surface area (TPSA) is 127 Å². The van der Waals surface area contributed by atoms with Crippen molar-refractivity contribution >= 4 is 17.8 Å². The number of carbonyl (C=O) groups excluding carboxylic acids is 1. The molecule has 5 rings (SSSR count). The van der Waals surface area contributed by atoms with Gasteiger partial charge in [-0.25, -0.2) is 10.0 Å². The van der Waals surface area contributed by atoms with E-state index in [4.69, 9.17) is 9.26 Å². The van der Waals surface area contributed by atoms with Crippen LogP contribution in [0.5, 0.6) is 0 Å². The van der Waals surface area contributed by atoms with Crippen molar-refractivity contribution in [3.05, 3.63) is 42.1 Å². The van der Waals surface area contributed by atoms with Gasteiger partial charge in [0.1, 0.15) is 6.04 Å². The zero-order valence-corrected chi connectivity index (χ0v) is 21.7. The first kappa shape index (κ1) is 26.5. The Hall–Kier alpha value is -3.06. The van der Waals surface area contributed by atoms with Crippen molar-refractivity contribution < 1.29 is 28.7 Å². The summed E-state index contributed by atoms with van der Waals surface area (Å²) in [4.78, 5) is 27.3. The molecule has 0 spiro atoms. The van der Waals surface area contributed by atoms with Crippen LogP contribution >= 0.6 is 0 Å². The van der Waals surface area contributed by atoms with E-state index in [2.05, 4.69) is 20.9 Å². The smallest absolute Gasteiger partial charge is 0.322 e. The molecular weight excluding hydrogens is 490 g/mol. The highest BCUT2D eigenvalue weighted by molar-refractivity contribution is 5.93. The molecule has 1 aromatic heterocycles. The van der Waals surface area contributed by atoms with Crippen LogP contribution in [0, 0.1) is 0 Å². The van der Waals surface area contributed by atoms with Gasteiger partial charge in [-0.15, -0.1) is 5.01 Å². The number of hydrogen-bond donors (Lipinski definition) is 3. The van der Waals surface area contributed by atoms with Crippen molar-refractivity contribution in [3.63, 3.8) is 0 Å². The Bertz CT molecular complexity index is 1060. The Balaban J connectivity index is 1.28. The van der Waals surface area contributed by atoms with Crippen molar-refractivity contribution in [2.75, 3.05) is 56.3 Å². The fourth-order valence-corrected chi connectivity index (χ4v) is 5.55. The number of aromatic nitrogens is 2. The lowest BCUT2D eigenvalue weighted by molar-refractivity contribution is -0.759. The normalized spacial score (nSPS) is 23.8. The van der Waals surface area contributed by atoms with Gasteiger partial charge in [0.25, 0.3) is 6.20 Å². The average molecular weight is 529 g/mol.